The zero-order chi connectivity index (χ0) is 13.3. The lowest BCUT2D eigenvalue weighted by molar-refractivity contribution is -0.384. The molecule has 0 amide bonds. The Morgan fingerprint density at radius 1 is 1.56 bits per heavy atom. The molecule has 0 saturated carbocycles. The van der Waals surface area contributed by atoms with Crippen molar-refractivity contribution in [3.8, 4) is 0 Å². The number of nitrogens with one attached hydrogen (secondary N) is 1. The van der Waals surface area contributed by atoms with Gasteiger partial charge in [0.15, 0.2) is 5.16 Å². The number of aromatic amines is 1. The van der Waals surface area contributed by atoms with E-state index in [0.717, 1.165) is 0 Å². The van der Waals surface area contributed by atoms with Crippen LogP contribution in [0.2, 0.25) is 0 Å². The first-order valence-corrected chi connectivity index (χ1v) is 6.09. The molecule has 1 aromatic heterocycles. The standard InChI is InChI=1S/C10H9N3O4S/c1-17-9(14)6-3-5(13(15)16)4-7-8(6)12-10(11-7)18-2/h3-4H,1-2H3,(H,11,12). The second-order valence-corrected chi connectivity index (χ2v) is 4.18. The third-order valence-electron chi connectivity index (χ3n) is 2.36. The van der Waals surface area contributed by atoms with Gasteiger partial charge in [-0.05, 0) is 6.26 Å². The molecule has 0 bridgehead atoms. The zero-order valence-electron chi connectivity index (χ0n) is 9.59. The highest BCUT2D eigenvalue weighted by Gasteiger charge is 2.20. The number of hydrogen-bond acceptors (Lipinski definition) is 6. The molecule has 1 N–H and O–H groups in total. The number of rotatable bonds is 3. The van der Waals surface area contributed by atoms with Crippen molar-refractivity contribution >= 4 is 34.5 Å². The van der Waals surface area contributed by atoms with Gasteiger partial charge < -0.3 is 9.72 Å². The number of nitro benzene ring substituents is 1. The molecule has 0 aliphatic carbocycles. The van der Waals surface area contributed by atoms with Crippen LogP contribution in [0.3, 0.4) is 0 Å². The number of ether oxygens (including phenoxy) is 1. The van der Waals surface area contributed by atoms with Gasteiger partial charge in [-0.1, -0.05) is 11.8 Å². The maximum absolute atomic E-state index is 11.6. The minimum atomic E-state index is -0.650. The number of non-ortho nitro benzene ring substituents is 1. The van der Waals surface area contributed by atoms with E-state index in [0.29, 0.717) is 16.2 Å². The Labute approximate surface area is 106 Å². The number of H-pyrrole nitrogens is 1. The second kappa shape index (κ2) is 4.65. The average Bonchev–Trinajstić information content (AvgIpc) is 2.79. The fourth-order valence-corrected chi connectivity index (χ4v) is 1.94. The second-order valence-electron chi connectivity index (χ2n) is 3.38. The van der Waals surface area contributed by atoms with E-state index in [1.165, 1.54) is 31.0 Å². The summed E-state index contributed by atoms with van der Waals surface area (Å²) in [4.78, 5) is 28.9. The highest BCUT2D eigenvalue weighted by Crippen LogP contribution is 2.26. The highest BCUT2D eigenvalue weighted by atomic mass is 32.2. The van der Waals surface area contributed by atoms with Crippen molar-refractivity contribution in [3.63, 3.8) is 0 Å². The normalized spacial score (nSPS) is 10.6. The Hall–Kier alpha value is -2.09. The molecule has 0 fully saturated rings. The number of aromatic nitrogens is 2. The quantitative estimate of drug-likeness (QED) is 0.395. The number of carbonyl (C=O) groups is 1. The van der Waals surface area contributed by atoms with E-state index < -0.39 is 10.9 Å². The van der Waals surface area contributed by atoms with E-state index in [1.807, 2.05) is 6.26 Å². The molecule has 1 heterocycles. The molecule has 0 unspecified atom stereocenters. The molecule has 8 heteroatoms. The van der Waals surface area contributed by atoms with Gasteiger partial charge in [-0.15, -0.1) is 0 Å². The van der Waals surface area contributed by atoms with Crippen LogP contribution in [0.15, 0.2) is 17.3 Å². The molecule has 1 aromatic carbocycles. The molecule has 0 atom stereocenters. The smallest absolute Gasteiger partial charge is 0.340 e. The van der Waals surface area contributed by atoms with Crippen LogP contribution < -0.4 is 0 Å². The van der Waals surface area contributed by atoms with Crippen LogP contribution in [-0.2, 0) is 4.74 Å². The van der Waals surface area contributed by atoms with Crippen LogP contribution in [0.5, 0.6) is 0 Å². The van der Waals surface area contributed by atoms with E-state index >= 15 is 0 Å². The topological polar surface area (TPSA) is 98.1 Å². The maximum atomic E-state index is 11.6. The summed E-state index contributed by atoms with van der Waals surface area (Å²) in [6.45, 7) is 0. The number of hydrogen-bond donors (Lipinski definition) is 1. The molecule has 7 nitrogen and oxygen atoms in total. The van der Waals surface area contributed by atoms with Crippen molar-refractivity contribution in [3.05, 3.63) is 27.8 Å². The number of nitro groups is 1. The van der Waals surface area contributed by atoms with Gasteiger partial charge in [-0.3, -0.25) is 10.1 Å². The Morgan fingerprint density at radius 2 is 2.28 bits per heavy atom. The van der Waals surface area contributed by atoms with Crippen LogP contribution in [0, 0.1) is 10.1 Å². The minimum absolute atomic E-state index is 0.0817. The van der Waals surface area contributed by atoms with Gasteiger partial charge in [-0.2, -0.15) is 0 Å². The number of benzene rings is 1. The summed E-state index contributed by atoms with van der Waals surface area (Å²) in [5.41, 5.74) is 0.711. The van der Waals surface area contributed by atoms with Gasteiger partial charge in [-0.25, -0.2) is 9.78 Å². The first kappa shape index (κ1) is 12.4. The number of esters is 1. The molecule has 94 valence electrons. The number of methoxy groups -OCH3 is 1. The van der Waals surface area contributed by atoms with Crippen molar-refractivity contribution in [2.45, 2.75) is 5.16 Å². The number of imidazole rings is 1. The first-order chi connectivity index (χ1) is 8.56. The van der Waals surface area contributed by atoms with Crippen molar-refractivity contribution in [1.29, 1.82) is 0 Å². The Kier molecular flexibility index (Phi) is 3.19. The summed E-state index contributed by atoms with van der Waals surface area (Å²) in [7, 11) is 1.22. The predicted octanol–water partition coefficient (Wildman–Crippen LogP) is 1.98. The van der Waals surface area contributed by atoms with E-state index in [-0.39, 0.29) is 11.3 Å². The molecule has 0 aliphatic rings. The maximum Gasteiger partial charge on any atom is 0.340 e. The third kappa shape index (κ3) is 2.02. The lowest BCUT2D eigenvalue weighted by Gasteiger charge is -2.00. The summed E-state index contributed by atoms with van der Waals surface area (Å²) in [6.07, 6.45) is 1.81. The largest absolute Gasteiger partial charge is 0.465 e. The lowest BCUT2D eigenvalue weighted by Crippen LogP contribution is -2.03. The van der Waals surface area contributed by atoms with E-state index in [4.69, 9.17) is 0 Å². The van der Waals surface area contributed by atoms with Gasteiger partial charge in [0.05, 0.1) is 23.1 Å². The molecular weight excluding hydrogens is 258 g/mol. The van der Waals surface area contributed by atoms with Crippen LogP contribution >= 0.6 is 11.8 Å². The predicted molar refractivity (Wildman–Crippen MR) is 65.9 cm³/mol. The fourth-order valence-electron chi connectivity index (χ4n) is 1.55. The van der Waals surface area contributed by atoms with Crippen molar-refractivity contribution in [1.82, 2.24) is 9.97 Å². The Bertz CT molecular complexity index is 637. The van der Waals surface area contributed by atoms with Crippen LogP contribution in [0.4, 0.5) is 5.69 Å². The average molecular weight is 267 g/mol. The van der Waals surface area contributed by atoms with Gasteiger partial charge in [0.2, 0.25) is 0 Å². The summed E-state index contributed by atoms with van der Waals surface area (Å²) in [5, 5.41) is 11.4. The van der Waals surface area contributed by atoms with Crippen molar-refractivity contribution < 1.29 is 14.5 Å². The minimum Gasteiger partial charge on any atom is -0.465 e. The molecular formula is C10H9N3O4S. The Balaban J connectivity index is 2.74. The summed E-state index contributed by atoms with van der Waals surface area (Å²) >= 11 is 1.35. The van der Waals surface area contributed by atoms with E-state index in [9.17, 15) is 14.9 Å². The molecule has 2 aromatic rings. The lowest BCUT2D eigenvalue weighted by atomic mass is 10.1. The van der Waals surface area contributed by atoms with Crippen molar-refractivity contribution in [2.75, 3.05) is 13.4 Å². The highest BCUT2D eigenvalue weighted by molar-refractivity contribution is 7.98. The summed E-state index contributed by atoms with van der Waals surface area (Å²) in [6, 6.07) is 2.51. The fraction of sp³-hybridized carbons (Fsp3) is 0.200. The number of carbonyl (C=O) groups excluding carboxylic acids is 1. The third-order valence-corrected chi connectivity index (χ3v) is 2.94. The molecule has 0 radical (unpaired) electrons. The van der Waals surface area contributed by atoms with E-state index in [2.05, 4.69) is 14.7 Å². The molecule has 2 rings (SSSR count). The Morgan fingerprint density at radius 3 is 2.83 bits per heavy atom. The molecule has 0 aliphatic heterocycles. The van der Waals surface area contributed by atoms with Crippen LogP contribution in [0.1, 0.15) is 10.4 Å². The van der Waals surface area contributed by atoms with Gasteiger partial charge >= 0.3 is 5.97 Å². The zero-order valence-corrected chi connectivity index (χ0v) is 10.4. The van der Waals surface area contributed by atoms with E-state index in [1.54, 1.807) is 0 Å². The van der Waals surface area contributed by atoms with Gasteiger partial charge in [0.1, 0.15) is 5.52 Å². The molecule has 18 heavy (non-hydrogen) atoms. The van der Waals surface area contributed by atoms with Crippen molar-refractivity contribution in [2.24, 2.45) is 0 Å². The van der Waals surface area contributed by atoms with Crippen LogP contribution in [0.25, 0.3) is 11.0 Å². The summed E-state index contributed by atoms with van der Waals surface area (Å²) in [5.74, 6) is -0.650. The number of fused-ring (bicyclic) bond motifs is 1. The molecule has 0 saturated heterocycles. The number of nitrogens with zero attached hydrogens (tertiary/aromatic N) is 2. The van der Waals surface area contributed by atoms with Gasteiger partial charge in [0.25, 0.3) is 5.69 Å². The van der Waals surface area contributed by atoms with Gasteiger partial charge in [0, 0.05) is 12.1 Å². The first-order valence-electron chi connectivity index (χ1n) is 4.87. The number of thioether (sulfide) groups is 1. The summed E-state index contributed by atoms with van der Waals surface area (Å²) < 4.78 is 4.60. The SMILES string of the molecule is COC(=O)c1cc([N+](=O)[O-])cc2[nH]c(SC)nc12. The van der Waals surface area contributed by atoms with Crippen LogP contribution in [-0.4, -0.2) is 34.2 Å². The monoisotopic (exact) mass is 267 g/mol. The molecule has 0 spiro atoms.